The third kappa shape index (κ3) is 4.21. The number of unbranched alkanes of at least 4 members (excludes halogenated alkanes) is 1. The minimum absolute atomic E-state index is 0.0585. The highest BCUT2D eigenvalue weighted by molar-refractivity contribution is 6.35. The lowest BCUT2D eigenvalue weighted by Crippen LogP contribution is -2.50. The number of fused-ring (bicyclic) bond motifs is 1. The molecule has 1 aromatic carbocycles. The van der Waals surface area contributed by atoms with Crippen molar-refractivity contribution in [3.63, 3.8) is 0 Å². The van der Waals surface area contributed by atoms with Gasteiger partial charge in [-0.15, -0.1) is 0 Å². The molecule has 2 aromatic rings. The summed E-state index contributed by atoms with van der Waals surface area (Å²) in [5, 5.41) is 1.49. The highest BCUT2D eigenvalue weighted by atomic mass is 35.5. The van der Waals surface area contributed by atoms with Crippen molar-refractivity contribution in [2.75, 3.05) is 13.1 Å². The largest absolute Gasteiger partial charge is 0.349 e. The zero-order valence-corrected chi connectivity index (χ0v) is 18.4. The van der Waals surface area contributed by atoms with Crippen LogP contribution in [0.3, 0.4) is 0 Å². The zero-order chi connectivity index (χ0) is 21.1. The van der Waals surface area contributed by atoms with Gasteiger partial charge in [0.25, 0.3) is 11.8 Å². The van der Waals surface area contributed by atoms with E-state index in [1.165, 1.54) is 19.3 Å². The average Bonchev–Trinajstić information content (AvgIpc) is 3.34. The molecule has 1 unspecified atom stereocenters. The molecule has 1 aromatic heterocycles. The molecule has 6 nitrogen and oxygen atoms in total. The van der Waals surface area contributed by atoms with Crippen LogP contribution in [-0.2, 0) is 4.79 Å². The van der Waals surface area contributed by atoms with Crippen LogP contribution in [0, 0.1) is 5.41 Å². The van der Waals surface area contributed by atoms with Crippen molar-refractivity contribution in [2.24, 2.45) is 5.41 Å². The van der Waals surface area contributed by atoms with E-state index in [2.05, 4.69) is 22.8 Å². The maximum absolute atomic E-state index is 13.5. The molecule has 1 atom stereocenters. The number of nitrogens with one attached hydrogen (secondary N) is 3. The number of likely N-dealkylation sites (tertiary alicyclic amines) is 1. The third-order valence-electron chi connectivity index (χ3n) is 6.69. The second-order valence-corrected chi connectivity index (χ2v) is 9.28. The van der Waals surface area contributed by atoms with Crippen molar-refractivity contribution >= 4 is 34.3 Å². The normalized spacial score (nSPS) is 20.7. The molecule has 2 heterocycles. The van der Waals surface area contributed by atoms with Crippen molar-refractivity contribution in [3.8, 4) is 0 Å². The number of nitrogens with zero attached hydrogens (tertiary/aromatic N) is 1. The van der Waals surface area contributed by atoms with Crippen molar-refractivity contribution in [1.29, 1.82) is 0 Å². The minimum Gasteiger partial charge on any atom is -0.349 e. The average molecular weight is 431 g/mol. The molecule has 7 heteroatoms. The van der Waals surface area contributed by atoms with Crippen LogP contribution in [-0.4, -0.2) is 40.8 Å². The molecule has 0 bridgehead atoms. The first kappa shape index (κ1) is 21.2. The second-order valence-electron chi connectivity index (χ2n) is 8.87. The van der Waals surface area contributed by atoms with Crippen LogP contribution in [0.25, 0.3) is 10.9 Å². The first-order valence-corrected chi connectivity index (χ1v) is 11.5. The van der Waals surface area contributed by atoms with Crippen LogP contribution in [0.2, 0.25) is 5.02 Å². The Balaban J connectivity index is 1.57. The quantitative estimate of drug-likeness (QED) is 0.469. The number of para-hydroxylation sites is 1. The first-order chi connectivity index (χ1) is 14.5. The summed E-state index contributed by atoms with van der Waals surface area (Å²) in [4.78, 5) is 31.5. The van der Waals surface area contributed by atoms with Gasteiger partial charge in [-0.1, -0.05) is 56.3 Å². The van der Waals surface area contributed by atoms with E-state index in [9.17, 15) is 9.59 Å². The minimum atomic E-state index is -0.452. The van der Waals surface area contributed by atoms with E-state index in [0.717, 1.165) is 49.6 Å². The third-order valence-corrected chi connectivity index (χ3v) is 7.00. The lowest BCUT2D eigenvalue weighted by atomic mass is 9.72. The lowest BCUT2D eigenvalue weighted by molar-refractivity contribution is -0.126. The highest BCUT2D eigenvalue weighted by Gasteiger charge is 2.49. The number of hydrogen-bond acceptors (Lipinski definition) is 3. The fourth-order valence-electron chi connectivity index (χ4n) is 5.06. The van der Waals surface area contributed by atoms with Gasteiger partial charge in [0.1, 0.15) is 11.7 Å². The van der Waals surface area contributed by atoms with Gasteiger partial charge < -0.3 is 9.88 Å². The molecule has 162 valence electrons. The van der Waals surface area contributed by atoms with Gasteiger partial charge in [-0.3, -0.25) is 15.0 Å². The van der Waals surface area contributed by atoms with Crippen LogP contribution in [0.4, 0.5) is 0 Å². The van der Waals surface area contributed by atoms with Gasteiger partial charge in [-0.25, -0.2) is 5.43 Å². The van der Waals surface area contributed by atoms with Crippen molar-refractivity contribution in [3.05, 3.63) is 35.0 Å². The van der Waals surface area contributed by atoms with Crippen LogP contribution in [0.1, 0.15) is 68.8 Å². The number of carbonyl (C=O) groups excluding carboxylic acids is 2. The number of rotatable bonds is 6. The molecule has 1 spiro atoms. The Kier molecular flexibility index (Phi) is 6.34. The predicted molar refractivity (Wildman–Crippen MR) is 119 cm³/mol. The molecule has 0 radical (unpaired) electrons. The standard InChI is InChI=1S/C23H31ClN4O2/c1-2-3-12-25-27-21(29)19-14-23(10-5-4-6-11-23)15-28(19)22(30)18-13-16-8-7-9-17(24)20(16)26-18/h7-9,13,19,25-26H,2-6,10-12,14-15H2,1H3,(H,27,29). The Bertz CT molecular complexity index is 919. The van der Waals surface area contributed by atoms with Crippen molar-refractivity contribution in [2.45, 2.75) is 64.3 Å². The van der Waals surface area contributed by atoms with E-state index in [1.807, 2.05) is 18.2 Å². The van der Waals surface area contributed by atoms with Gasteiger partial charge in [-0.2, -0.15) is 0 Å². The van der Waals surface area contributed by atoms with Crippen LogP contribution >= 0.6 is 11.6 Å². The summed E-state index contributed by atoms with van der Waals surface area (Å²) in [5.41, 5.74) is 7.17. The van der Waals surface area contributed by atoms with Crippen LogP contribution < -0.4 is 10.9 Å². The number of carbonyl (C=O) groups is 2. The van der Waals surface area contributed by atoms with Crippen molar-refractivity contribution < 1.29 is 9.59 Å². The molecule has 2 amide bonds. The van der Waals surface area contributed by atoms with E-state index in [-0.39, 0.29) is 17.2 Å². The number of benzene rings is 1. The summed E-state index contributed by atoms with van der Waals surface area (Å²) in [5.74, 6) is -0.241. The Morgan fingerprint density at radius 3 is 2.80 bits per heavy atom. The Morgan fingerprint density at radius 2 is 2.07 bits per heavy atom. The summed E-state index contributed by atoms with van der Waals surface area (Å²) in [6.07, 6.45) is 8.55. The van der Waals surface area contributed by atoms with Gasteiger partial charge >= 0.3 is 0 Å². The number of aromatic amines is 1. The molecule has 1 saturated carbocycles. The molecular weight excluding hydrogens is 400 g/mol. The summed E-state index contributed by atoms with van der Waals surface area (Å²) in [7, 11) is 0. The lowest BCUT2D eigenvalue weighted by Gasteiger charge is -2.32. The zero-order valence-electron chi connectivity index (χ0n) is 17.6. The summed E-state index contributed by atoms with van der Waals surface area (Å²) < 4.78 is 0. The summed E-state index contributed by atoms with van der Waals surface area (Å²) in [6, 6.07) is 7.00. The fraction of sp³-hybridized carbons (Fsp3) is 0.565. The second kappa shape index (κ2) is 8.98. The van der Waals surface area contributed by atoms with E-state index >= 15 is 0 Å². The molecular formula is C23H31ClN4O2. The number of amides is 2. The molecule has 30 heavy (non-hydrogen) atoms. The van der Waals surface area contributed by atoms with E-state index < -0.39 is 6.04 Å². The van der Waals surface area contributed by atoms with Gasteiger partial charge in [0.05, 0.1) is 10.5 Å². The molecule has 2 fully saturated rings. The number of hydrazine groups is 1. The van der Waals surface area contributed by atoms with E-state index in [4.69, 9.17) is 11.6 Å². The van der Waals surface area contributed by atoms with Gasteiger partial charge in [0.15, 0.2) is 0 Å². The van der Waals surface area contributed by atoms with Gasteiger partial charge in [0.2, 0.25) is 0 Å². The molecule has 2 aliphatic rings. The van der Waals surface area contributed by atoms with E-state index in [0.29, 0.717) is 17.3 Å². The maximum atomic E-state index is 13.5. The van der Waals surface area contributed by atoms with Crippen LogP contribution in [0.5, 0.6) is 0 Å². The monoisotopic (exact) mass is 430 g/mol. The number of halogens is 1. The van der Waals surface area contributed by atoms with Gasteiger partial charge in [0, 0.05) is 18.5 Å². The van der Waals surface area contributed by atoms with Crippen molar-refractivity contribution in [1.82, 2.24) is 20.7 Å². The number of H-pyrrole nitrogens is 1. The van der Waals surface area contributed by atoms with Gasteiger partial charge in [-0.05, 0) is 43.2 Å². The smallest absolute Gasteiger partial charge is 0.271 e. The molecule has 3 N–H and O–H groups in total. The van der Waals surface area contributed by atoms with E-state index in [1.54, 1.807) is 11.0 Å². The first-order valence-electron chi connectivity index (χ1n) is 11.1. The topological polar surface area (TPSA) is 77.2 Å². The summed E-state index contributed by atoms with van der Waals surface area (Å²) in [6.45, 7) is 3.48. The maximum Gasteiger partial charge on any atom is 0.271 e. The Hall–Kier alpha value is -2.05. The predicted octanol–water partition coefficient (Wildman–Crippen LogP) is 4.41. The Morgan fingerprint density at radius 1 is 1.27 bits per heavy atom. The SMILES string of the molecule is CCCCNNC(=O)C1CC2(CCCCC2)CN1C(=O)c1cc2cccc(Cl)c2[nH]1. The highest BCUT2D eigenvalue weighted by Crippen LogP contribution is 2.46. The molecule has 4 rings (SSSR count). The summed E-state index contributed by atoms with van der Waals surface area (Å²) >= 11 is 6.28. The Labute approximate surface area is 182 Å². The number of hydrogen-bond donors (Lipinski definition) is 3. The molecule has 1 aliphatic heterocycles. The fourth-order valence-corrected chi connectivity index (χ4v) is 5.28. The molecule has 1 saturated heterocycles. The molecule has 1 aliphatic carbocycles. The number of aromatic nitrogens is 1. The van der Waals surface area contributed by atoms with Crippen LogP contribution in [0.15, 0.2) is 24.3 Å².